The molecule has 1 aliphatic heterocycles. The monoisotopic (exact) mass is 578 g/mol. The number of pyridine rings is 1. The molecule has 1 fully saturated rings. The third-order valence-corrected chi connectivity index (χ3v) is 7.81. The van der Waals surface area contributed by atoms with E-state index in [9.17, 15) is 9.59 Å². The number of aromatic nitrogens is 1. The normalized spacial score (nSPS) is 17.4. The smallest absolute Gasteiger partial charge is 0.244 e. The lowest BCUT2D eigenvalue weighted by Gasteiger charge is -2.29. The number of carbonyl (C=O) groups is 2. The highest BCUT2D eigenvalue weighted by Crippen LogP contribution is 2.27. The molecule has 0 saturated carbocycles. The average molecular weight is 579 g/mol. The highest BCUT2D eigenvalue weighted by atomic mass is 35.5. The van der Waals surface area contributed by atoms with Gasteiger partial charge in [0, 0.05) is 61.0 Å². The largest absolute Gasteiger partial charge is 0.351 e. The number of nitrogens with one attached hydrogen (secondary N) is 2. The minimum atomic E-state index is -0.457. The molecule has 4 aromatic rings. The van der Waals surface area contributed by atoms with Crippen molar-refractivity contribution in [2.75, 3.05) is 19.6 Å². The number of amides is 2. The first kappa shape index (κ1) is 29.2. The predicted octanol–water partition coefficient (Wildman–Crippen LogP) is 5.50. The molecule has 0 aliphatic carbocycles. The van der Waals surface area contributed by atoms with Crippen LogP contribution in [-0.4, -0.2) is 53.4 Å². The summed E-state index contributed by atoms with van der Waals surface area (Å²) in [5.74, 6) is -0.0937. The second-order valence-corrected chi connectivity index (χ2v) is 11.0. The molecule has 7 heteroatoms. The molecule has 2 heterocycles. The molecular weight excluding hydrogens is 544 g/mol. The lowest BCUT2D eigenvalue weighted by molar-refractivity contribution is -0.132. The maximum atomic E-state index is 14.0. The highest BCUT2D eigenvalue weighted by molar-refractivity contribution is 6.30. The van der Waals surface area contributed by atoms with E-state index in [-0.39, 0.29) is 23.8 Å². The summed E-state index contributed by atoms with van der Waals surface area (Å²) in [5.41, 5.74) is 4.09. The van der Waals surface area contributed by atoms with Crippen molar-refractivity contribution in [1.82, 2.24) is 20.5 Å². The van der Waals surface area contributed by atoms with Crippen LogP contribution in [0.3, 0.4) is 0 Å². The van der Waals surface area contributed by atoms with Gasteiger partial charge >= 0.3 is 0 Å². The van der Waals surface area contributed by atoms with Crippen molar-refractivity contribution in [2.24, 2.45) is 0 Å². The first-order valence-electron chi connectivity index (χ1n) is 14.3. The van der Waals surface area contributed by atoms with Gasteiger partial charge in [0.1, 0.15) is 0 Å². The fraction of sp³-hybridized carbons (Fsp3) is 0.229. The van der Waals surface area contributed by atoms with Gasteiger partial charge in [0.25, 0.3) is 0 Å². The minimum absolute atomic E-state index is 0.0427. The molecule has 1 aliphatic rings. The van der Waals surface area contributed by atoms with E-state index < -0.39 is 6.04 Å². The molecule has 1 saturated heterocycles. The molecule has 0 radical (unpaired) electrons. The number of nitrogens with zero attached hydrogens (tertiary/aromatic N) is 2. The highest BCUT2D eigenvalue weighted by Gasteiger charge is 2.33. The van der Waals surface area contributed by atoms with Crippen molar-refractivity contribution in [1.29, 1.82) is 0 Å². The molecule has 0 bridgehead atoms. The van der Waals surface area contributed by atoms with Crippen LogP contribution in [0.4, 0.5) is 0 Å². The summed E-state index contributed by atoms with van der Waals surface area (Å²) in [7, 11) is 0. The number of rotatable bonds is 10. The Morgan fingerprint density at radius 1 is 0.952 bits per heavy atom. The summed E-state index contributed by atoms with van der Waals surface area (Å²) >= 11 is 5.96. The van der Waals surface area contributed by atoms with Gasteiger partial charge in [0.05, 0.1) is 6.04 Å². The molecule has 2 N–H and O–H groups in total. The van der Waals surface area contributed by atoms with Gasteiger partial charge in [-0.15, -0.1) is 0 Å². The van der Waals surface area contributed by atoms with Gasteiger partial charge in [-0.25, -0.2) is 0 Å². The van der Waals surface area contributed by atoms with Crippen molar-refractivity contribution in [3.8, 4) is 0 Å². The Hall–Kier alpha value is -4.26. The van der Waals surface area contributed by atoms with E-state index >= 15 is 0 Å². The molecular formula is C35H35ClN4O2. The summed E-state index contributed by atoms with van der Waals surface area (Å²) in [4.78, 5) is 33.1. The standard InChI is InChI=1S/C35H35ClN4O2/c36-29-17-14-26(15-18-29)16-19-34(41)38-24-31-20-22-40(35(42)33(39-31)23-30-13-7-8-21-37-30)25-32(27-9-3-1-4-10-27)28-11-5-2-6-12-28/h1-19,21,31-33,39H,20,22-25H2,(H,38,41)/b19-16+/t31?,33-/m0/s1. The Morgan fingerprint density at radius 2 is 1.62 bits per heavy atom. The summed E-state index contributed by atoms with van der Waals surface area (Å²) in [5, 5.41) is 7.21. The molecule has 2 atom stereocenters. The minimum Gasteiger partial charge on any atom is -0.351 e. The predicted molar refractivity (Wildman–Crippen MR) is 168 cm³/mol. The van der Waals surface area contributed by atoms with E-state index in [1.807, 2.05) is 71.6 Å². The molecule has 6 nitrogen and oxygen atoms in total. The number of halogens is 1. The first-order valence-corrected chi connectivity index (χ1v) is 14.7. The fourth-order valence-corrected chi connectivity index (χ4v) is 5.45. The van der Waals surface area contributed by atoms with Crippen molar-refractivity contribution in [2.45, 2.75) is 30.8 Å². The van der Waals surface area contributed by atoms with Gasteiger partial charge in [-0.3, -0.25) is 14.6 Å². The van der Waals surface area contributed by atoms with Crippen LogP contribution in [-0.2, 0) is 16.0 Å². The van der Waals surface area contributed by atoms with Gasteiger partial charge in [0.15, 0.2) is 0 Å². The van der Waals surface area contributed by atoms with E-state index in [0.717, 1.165) is 11.3 Å². The Morgan fingerprint density at radius 3 is 2.26 bits per heavy atom. The first-order chi connectivity index (χ1) is 20.5. The van der Waals surface area contributed by atoms with Crippen LogP contribution in [0.2, 0.25) is 5.02 Å². The third-order valence-electron chi connectivity index (χ3n) is 7.56. The van der Waals surface area contributed by atoms with Crippen LogP contribution in [0.15, 0.2) is 115 Å². The zero-order chi connectivity index (χ0) is 29.1. The molecule has 214 valence electrons. The molecule has 5 rings (SSSR count). The molecule has 1 unspecified atom stereocenters. The van der Waals surface area contributed by atoms with Crippen molar-refractivity contribution in [3.05, 3.63) is 143 Å². The number of benzene rings is 3. The lowest BCUT2D eigenvalue weighted by atomic mass is 9.90. The van der Waals surface area contributed by atoms with E-state index in [1.54, 1.807) is 24.4 Å². The Labute approximate surface area is 252 Å². The van der Waals surface area contributed by atoms with Crippen LogP contribution >= 0.6 is 11.6 Å². The fourth-order valence-electron chi connectivity index (χ4n) is 5.32. The zero-order valence-corrected chi connectivity index (χ0v) is 24.2. The maximum absolute atomic E-state index is 14.0. The van der Waals surface area contributed by atoms with E-state index in [0.29, 0.717) is 37.5 Å². The summed E-state index contributed by atoms with van der Waals surface area (Å²) in [6.07, 6.45) is 6.21. The summed E-state index contributed by atoms with van der Waals surface area (Å²) in [6, 6.07) is 33.2. The Bertz CT molecular complexity index is 1420. The van der Waals surface area contributed by atoms with Gasteiger partial charge in [-0.1, -0.05) is 90.5 Å². The van der Waals surface area contributed by atoms with Crippen LogP contribution in [0.1, 0.15) is 34.7 Å². The number of carbonyl (C=O) groups excluding carboxylic acids is 2. The maximum Gasteiger partial charge on any atom is 0.244 e. The van der Waals surface area contributed by atoms with E-state index in [1.165, 1.54) is 17.2 Å². The second kappa shape index (κ2) is 14.6. The van der Waals surface area contributed by atoms with Crippen molar-refractivity contribution >= 4 is 29.5 Å². The molecule has 3 aromatic carbocycles. The zero-order valence-electron chi connectivity index (χ0n) is 23.4. The third kappa shape index (κ3) is 8.15. The van der Waals surface area contributed by atoms with Crippen molar-refractivity contribution < 1.29 is 9.59 Å². The van der Waals surface area contributed by atoms with Gasteiger partial charge in [-0.05, 0) is 53.5 Å². The SMILES string of the molecule is O=C(/C=C/c1ccc(Cl)cc1)NCC1CCN(CC(c2ccccc2)c2ccccc2)C(=O)[C@H](Cc2ccccn2)N1. The lowest BCUT2D eigenvalue weighted by Crippen LogP contribution is -2.50. The number of hydrogen-bond acceptors (Lipinski definition) is 4. The molecule has 2 amide bonds. The van der Waals surface area contributed by atoms with Gasteiger partial charge < -0.3 is 15.5 Å². The quantitative estimate of drug-likeness (QED) is 0.244. The van der Waals surface area contributed by atoms with Crippen LogP contribution < -0.4 is 10.6 Å². The second-order valence-electron chi connectivity index (χ2n) is 10.5. The molecule has 0 spiro atoms. The van der Waals surface area contributed by atoms with E-state index in [4.69, 9.17) is 11.6 Å². The summed E-state index contributed by atoms with van der Waals surface area (Å²) in [6.45, 7) is 1.56. The number of hydrogen-bond donors (Lipinski definition) is 2. The van der Waals surface area contributed by atoms with Crippen LogP contribution in [0.5, 0.6) is 0 Å². The average Bonchev–Trinajstić information content (AvgIpc) is 3.17. The van der Waals surface area contributed by atoms with Gasteiger partial charge in [0.2, 0.25) is 11.8 Å². The van der Waals surface area contributed by atoms with E-state index in [2.05, 4.69) is 39.9 Å². The van der Waals surface area contributed by atoms with Crippen LogP contribution in [0.25, 0.3) is 6.08 Å². The summed E-state index contributed by atoms with van der Waals surface area (Å²) < 4.78 is 0. The molecule has 42 heavy (non-hydrogen) atoms. The van der Waals surface area contributed by atoms with Crippen LogP contribution in [0, 0.1) is 0 Å². The molecule has 1 aromatic heterocycles. The Balaban J connectivity index is 1.31. The Kier molecular flexibility index (Phi) is 10.1. The van der Waals surface area contributed by atoms with Gasteiger partial charge in [-0.2, -0.15) is 0 Å². The topological polar surface area (TPSA) is 74.3 Å². The van der Waals surface area contributed by atoms with Crippen molar-refractivity contribution in [3.63, 3.8) is 0 Å².